The summed E-state index contributed by atoms with van der Waals surface area (Å²) in [5.74, 6) is 0.922. The molecule has 0 N–H and O–H groups in total. The van der Waals surface area contributed by atoms with Crippen molar-refractivity contribution in [2.45, 2.75) is 0 Å². The van der Waals surface area contributed by atoms with Crippen LogP contribution >= 0.6 is 22.6 Å². The van der Waals surface area contributed by atoms with E-state index in [1.54, 1.807) is 0 Å². The van der Waals surface area contributed by atoms with Crippen molar-refractivity contribution in [2.75, 3.05) is 6.61 Å². The number of hydrogen-bond acceptors (Lipinski definition) is 1. The Morgan fingerprint density at radius 3 is 1.96 bits per heavy atom. The van der Waals surface area contributed by atoms with Crippen molar-refractivity contribution in [1.82, 2.24) is 0 Å². The van der Waals surface area contributed by atoms with Crippen LogP contribution in [-0.2, 0) is 0 Å². The number of rotatable bonds is 5. The van der Waals surface area contributed by atoms with E-state index in [4.69, 9.17) is 4.74 Å². The summed E-state index contributed by atoms with van der Waals surface area (Å²) in [6, 6.07) is 33.5. The van der Waals surface area contributed by atoms with Gasteiger partial charge in [-0.2, -0.15) is 0 Å². The highest BCUT2D eigenvalue weighted by Crippen LogP contribution is 2.30. The van der Waals surface area contributed by atoms with Gasteiger partial charge in [0.25, 0.3) is 0 Å². The highest BCUT2D eigenvalue weighted by Gasteiger charge is 2.07. The van der Waals surface area contributed by atoms with Gasteiger partial charge in [-0.3, -0.25) is 0 Å². The molecule has 0 saturated carbocycles. The minimum Gasteiger partial charge on any atom is -0.488 e. The normalized spacial score (nSPS) is 10.6. The third-order valence-corrected chi connectivity index (χ3v) is 5.64. The van der Waals surface area contributed by atoms with Crippen LogP contribution in [0.1, 0.15) is 11.1 Å². The van der Waals surface area contributed by atoms with E-state index in [1.165, 1.54) is 27.5 Å². The van der Waals surface area contributed by atoms with Crippen molar-refractivity contribution in [3.05, 3.63) is 118 Å². The standard InChI is InChI=1S/C25H19IO/c26-25-23-14-8-7-13-21(23)15-16-24(25)27-18-17-22(19-9-3-1-4-10-19)20-11-5-2-6-12-20/h1-17H,18H2. The van der Waals surface area contributed by atoms with Crippen molar-refractivity contribution in [3.8, 4) is 5.75 Å². The number of halogens is 1. The Morgan fingerprint density at radius 2 is 1.30 bits per heavy atom. The maximum Gasteiger partial charge on any atom is 0.133 e. The molecule has 0 aliphatic rings. The van der Waals surface area contributed by atoms with Crippen LogP contribution in [0.25, 0.3) is 16.3 Å². The molecule has 0 aromatic heterocycles. The van der Waals surface area contributed by atoms with Gasteiger partial charge in [-0.25, -0.2) is 0 Å². The van der Waals surface area contributed by atoms with Gasteiger partial charge in [0.1, 0.15) is 12.4 Å². The Hall–Kier alpha value is -2.59. The molecule has 0 radical (unpaired) electrons. The van der Waals surface area contributed by atoms with E-state index >= 15 is 0 Å². The summed E-state index contributed by atoms with van der Waals surface area (Å²) in [7, 11) is 0. The van der Waals surface area contributed by atoms with Gasteiger partial charge in [-0.15, -0.1) is 0 Å². The molecule has 4 aromatic rings. The molecule has 0 heterocycles. The average Bonchev–Trinajstić information content (AvgIpc) is 2.74. The Morgan fingerprint density at radius 1 is 0.704 bits per heavy atom. The number of fused-ring (bicyclic) bond motifs is 1. The van der Waals surface area contributed by atoms with Crippen molar-refractivity contribution in [2.24, 2.45) is 0 Å². The largest absolute Gasteiger partial charge is 0.488 e. The summed E-state index contributed by atoms with van der Waals surface area (Å²) >= 11 is 2.37. The second-order valence-electron chi connectivity index (χ2n) is 6.26. The molecular weight excluding hydrogens is 443 g/mol. The van der Waals surface area contributed by atoms with Crippen LogP contribution in [0.15, 0.2) is 103 Å². The van der Waals surface area contributed by atoms with Gasteiger partial charge in [0.15, 0.2) is 0 Å². The molecule has 0 fully saturated rings. The molecule has 1 nitrogen and oxygen atoms in total. The molecule has 0 aliphatic heterocycles. The molecule has 0 unspecified atom stereocenters. The van der Waals surface area contributed by atoms with Gasteiger partial charge in [0.05, 0.1) is 3.57 Å². The molecule has 4 aromatic carbocycles. The Bertz CT molecular complexity index is 1030. The Balaban J connectivity index is 1.62. The molecule has 132 valence electrons. The zero-order chi connectivity index (χ0) is 18.5. The third kappa shape index (κ3) is 4.06. The number of hydrogen-bond donors (Lipinski definition) is 0. The van der Waals surface area contributed by atoms with Gasteiger partial charge in [-0.1, -0.05) is 91.0 Å². The molecule has 0 amide bonds. The first-order chi connectivity index (χ1) is 13.3. The first-order valence-electron chi connectivity index (χ1n) is 8.94. The summed E-state index contributed by atoms with van der Waals surface area (Å²) < 4.78 is 7.29. The van der Waals surface area contributed by atoms with E-state index in [0.29, 0.717) is 6.61 Å². The monoisotopic (exact) mass is 462 g/mol. The predicted octanol–water partition coefficient (Wildman–Crippen LogP) is 6.96. The topological polar surface area (TPSA) is 9.23 Å². The first-order valence-corrected chi connectivity index (χ1v) is 10.0. The SMILES string of the molecule is Ic1c(OCC=C(c2ccccc2)c2ccccc2)ccc2ccccc12. The zero-order valence-corrected chi connectivity index (χ0v) is 17.0. The summed E-state index contributed by atoms with van der Waals surface area (Å²) in [5.41, 5.74) is 3.58. The molecular formula is C25H19IO. The molecule has 2 heteroatoms. The van der Waals surface area contributed by atoms with E-state index in [9.17, 15) is 0 Å². The fourth-order valence-corrected chi connectivity index (χ4v) is 4.00. The fraction of sp³-hybridized carbons (Fsp3) is 0.0400. The van der Waals surface area contributed by atoms with Gasteiger partial charge in [-0.05, 0) is 62.2 Å². The molecule has 0 saturated heterocycles. The maximum atomic E-state index is 6.13. The molecule has 0 aliphatic carbocycles. The lowest BCUT2D eigenvalue weighted by molar-refractivity contribution is 0.361. The van der Waals surface area contributed by atoms with Crippen LogP contribution in [0.5, 0.6) is 5.75 Å². The van der Waals surface area contributed by atoms with Crippen LogP contribution < -0.4 is 4.74 Å². The lowest BCUT2D eigenvalue weighted by Crippen LogP contribution is -1.98. The van der Waals surface area contributed by atoms with E-state index in [1.807, 2.05) is 12.1 Å². The third-order valence-electron chi connectivity index (χ3n) is 4.52. The summed E-state index contributed by atoms with van der Waals surface area (Å²) in [4.78, 5) is 0. The van der Waals surface area contributed by atoms with Crippen molar-refractivity contribution < 1.29 is 4.74 Å². The quantitative estimate of drug-likeness (QED) is 0.292. The average molecular weight is 462 g/mol. The zero-order valence-electron chi connectivity index (χ0n) is 14.8. The van der Waals surface area contributed by atoms with Crippen LogP contribution in [0, 0.1) is 3.57 Å². The van der Waals surface area contributed by atoms with Crippen LogP contribution in [-0.4, -0.2) is 6.61 Å². The Kier molecular flexibility index (Phi) is 5.54. The molecule has 0 bridgehead atoms. The van der Waals surface area contributed by atoms with Gasteiger partial charge in [0, 0.05) is 0 Å². The molecule has 0 atom stereocenters. The number of benzene rings is 4. The molecule has 4 rings (SSSR count). The van der Waals surface area contributed by atoms with E-state index in [2.05, 4.69) is 114 Å². The van der Waals surface area contributed by atoms with E-state index in [0.717, 1.165) is 9.32 Å². The highest BCUT2D eigenvalue weighted by molar-refractivity contribution is 14.1. The van der Waals surface area contributed by atoms with Crippen LogP contribution in [0.2, 0.25) is 0 Å². The van der Waals surface area contributed by atoms with Crippen molar-refractivity contribution in [3.63, 3.8) is 0 Å². The lowest BCUT2D eigenvalue weighted by Gasteiger charge is -2.11. The molecule has 0 spiro atoms. The predicted molar refractivity (Wildman–Crippen MR) is 122 cm³/mol. The first kappa shape index (κ1) is 17.8. The van der Waals surface area contributed by atoms with Gasteiger partial charge >= 0.3 is 0 Å². The summed E-state index contributed by atoms with van der Waals surface area (Å²) in [5, 5.41) is 2.46. The fourth-order valence-electron chi connectivity index (χ4n) is 3.18. The lowest BCUT2D eigenvalue weighted by atomic mass is 9.98. The highest BCUT2D eigenvalue weighted by atomic mass is 127. The Labute approximate surface area is 173 Å². The minimum absolute atomic E-state index is 0.521. The van der Waals surface area contributed by atoms with E-state index in [-0.39, 0.29) is 0 Å². The van der Waals surface area contributed by atoms with Crippen molar-refractivity contribution >= 4 is 38.9 Å². The maximum absolute atomic E-state index is 6.13. The second-order valence-corrected chi connectivity index (χ2v) is 7.34. The molecule has 27 heavy (non-hydrogen) atoms. The van der Waals surface area contributed by atoms with Crippen LogP contribution in [0.4, 0.5) is 0 Å². The van der Waals surface area contributed by atoms with Crippen molar-refractivity contribution in [1.29, 1.82) is 0 Å². The summed E-state index contributed by atoms with van der Waals surface area (Å²) in [6.07, 6.45) is 2.16. The van der Waals surface area contributed by atoms with Gasteiger partial charge in [0.2, 0.25) is 0 Å². The van der Waals surface area contributed by atoms with E-state index < -0.39 is 0 Å². The second kappa shape index (κ2) is 8.40. The summed E-state index contributed by atoms with van der Waals surface area (Å²) in [6.45, 7) is 0.521. The minimum atomic E-state index is 0.521. The smallest absolute Gasteiger partial charge is 0.133 e. The van der Waals surface area contributed by atoms with Gasteiger partial charge < -0.3 is 4.74 Å². The number of ether oxygens (including phenoxy) is 1. The van der Waals surface area contributed by atoms with Crippen LogP contribution in [0.3, 0.4) is 0 Å².